The van der Waals surface area contributed by atoms with Gasteiger partial charge in [0.05, 0.1) is 0 Å². The number of rotatable bonds is 11. The number of carboxylic acids is 2. The number of aliphatic carboxylic acids is 2. The zero-order valence-corrected chi connectivity index (χ0v) is 11.6. The number of carbonyl (C=O) groups is 2. The summed E-state index contributed by atoms with van der Waals surface area (Å²) in [5, 5.41) is 16.5. The largest absolute Gasteiger partial charge is 0.481 e. The van der Waals surface area contributed by atoms with Crippen molar-refractivity contribution in [3.05, 3.63) is 0 Å². The van der Waals surface area contributed by atoms with E-state index in [9.17, 15) is 9.59 Å². The first-order valence-electron chi connectivity index (χ1n) is 6.88. The number of hydrogen-bond donors (Lipinski definition) is 4. The van der Waals surface area contributed by atoms with Gasteiger partial charge in [-0.25, -0.2) is 0 Å². The topological polar surface area (TPSA) is 127 Å². The number of unbranched alkanes of at least 4 members (excludes halogenated alkanes) is 5. The predicted octanol–water partition coefficient (Wildman–Crippen LogP) is 1.57. The van der Waals surface area contributed by atoms with Crippen molar-refractivity contribution >= 4 is 11.9 Å². The molecule has 0 bridgehead atoms. The Morgan fingerprint density at radius 3 is 1.21 bits per heavy atom. The van der Waals surface area contributed by atoms with Crippen LogP contribution in [0.3, 0.4) is 0 Å². The lowest BCUT2D eigenvalue weighted by atomic mass is 10.1. The highest BCUT2D eigenvalue weighted by molar-refractivity contribution is 5.66. The van der Waals surface area contributed by atoms with Crippen LogP contribution in [0.2, 0.25) is 0 Å². The summed E-state index contributed by atoms with van der Waals surface area (Å²) >= 11 is 0. The maximum atomic E-state index is 10.0. The minimum Gasteiger partial charge on any atom is -0.481 e. The molecule has 6 heteroatoms. The molecule has 19 heavy (non-hydrogen) atoms. The van der Waals surface area contributed by atoms with Crippen LogP contribution in [0, 0.1) is 0 Å². The van der Waals surface area contributed by atoms with Gasteiger partial charge in [0.1, 0.15) is 0 Å². The molecular formula is C13H28N2O4. The third kappa shape index (κ3) is 26.5. The molecule has 0 rings (SSSR count). The molecule has 0 spiro atoms. The molecule has 0 saturated heterocycles. The minimum atomic E-state index is -0.784. The Morgan fingerprint density at radius 2 is 0.947 bits per heavy atom. The first-order valence-corrected chi connectivity index (χ1v) is 6.88. The van der Waals surface area contributed by atoms with E-state index in [0.29, 0.717) is 12.8 Å². The van der Waals surface area contributed by atoms with Gasteiger partial charge < -0.3 is 21.7 Å². The van der Waals surface area contributed by atoms with Gasteiger partial charge >= 0.3 is 11.9 Å². The Kier molecular flexibility index (Phi) is 17.9. The van der Waals surface area contributed by atoms with Crippen LogP contribution < -0.4 is 11.5 Å². The lowest BCUT2D eigenvalue weighted by Gasteiger charge is -1.96. The Hall–Kier alpha value is -1.14. The van der Waals surface area contributed by atoms with Crippen LogP contribution in [0.5, 0.6) is 0 Å². The number of hydrogen-bond acceptors (Lipinski definition) is 4. The fourth-order valence-corrected chi connectivity index (χ4v) is 1.37. The van der Waals surface area contributed by atoms with E-state index in [1.807, 2.05) is 0 Å². The van der Waals surface area contributed by atoms with Crippen molar-refractivity contribution in [1.29, 1.82) is 0 Å². The van der Waals surface area contributed by atoms with E-state index < -0.39 is 11.9 Å². The minimum absolute atomic E-state index is 0.188. The summed E-state index contributed by atoms with van der Waals surface area (Å²) in [5.74, 6) is -1.57. The third-order valence-corrected chi connectivity index (χ3v) is 2.44. The second-order valence-electron chi connectivity index (χ2n) is 4.34. The van der Waals surface area contributed by atoms with Crippen LogP contribution in [0.4, 0.5) is 0 Å². The molecule has 0 unspecified atom stereocenters. The van der Waals surface area contributed by atoms with Crippen LogP contribution in [-0.4, -0.2) is 35.2 Å². The van der Waals surface area contributed by atoms with Crippen molar-refractivity contribution in [2.75, 3.05) is 13.1 Å². The lowest BCUT2D eigenvalue weighted by molar-refractivity contribution is -0.138. The highest BCUT2D eigenvalue weighted by atomic mass is 16.4. The summed E-state index contributed by atoms with van der Waals surface area (Å²) in [6.45, 7) is 1.61. The Balaban J connectivity index is 0. The molecule has 114 valence electrons. The Bertz CT molecular complexity index is 201. The molecule has 0 radical (unpaired) electrons. The Morgan fingerprint density at radius 1 is 0.632 bits per heavy atom. The molecule has 0 heterocycles. The fraction of sp³-hybridized carbons (Fsp3) is 0.846. The molecule has 0 aromatic carbocycles. The molecular weight excluding hydrogens is 248 g/mol. The van der Waals surface area contributed by atoms with Gasteiger partial charge in [-0.3, -0.25) is 9.59 Å². The molecule has 0 aliphatic heterocycles. The molecule has 0 aromatic heterocycles. The summed E-state index contributed by atoms with van der Waals surface area (Å²) in [7, 11) is 0. The molecule has 6 N–H and O–H groups in total. The van der Waals surface area contributed by atoms with E-state index in [1.54, 1.807) is 0 Å². The Labute approximate surface area is 115 Å². The molecule has 0 aliphatic carbocycles. The van der Waals surface area contributed by atoms with Gasteiger partial charge in [-0.05, 0) is 38.8 Å². The fourth-order valence-electron chi connectivity index (χ4n) is 1.37. The van der Waals surface area contributed by atoms with Gasteiger partial charge in [0.2, 0.25) is 0 Å². The first-order chi connectivity index (χ1) is 9.04. The van der Waals surface area contributed by atoms with Crippen LogP contribution in [0.15, 0.2) is 0 Å². The summed E-state index contributed by atoms with van der Waals surface area (Å²) in [6, 6.07) is 0. The highest BCUT2D eigenvalue weighted by Crippen LogP contribution is 2.04. The summed E-state index contributed by atoms with van der Waals surface area (Å²) in [5.41, 5.74) is 10.5. The first kappa shape index (κ1) is 20.2. The van der Waals surface area contributed by atoms with Crippen molar-refractivity contribution in [2.24, 2.45) is 11.5 Å². The average Bonchev–Trinajstić information content (AvgIpc) is 2.34. The summed E-state index contributed by atoms with van der Waals surface area (Å²) in [6.07, 6.45) is 6.71. The van der Waals surface area contributed by atoms with Gasteiger partial charge in [0.15, 0.2) is 0 Å². The molecule has 0 saturated carbocycles. The maximum absolute atomic E-state index is 10.0. The summed E-state index contributed by atoms with van der Waals surface area (Å²) < 4.78 is 0. The maximum Gasteiger partial charge on any atom is 0.303 e. The SMILES string of the molecule is NCCCCCN.O=C(O)CCCCCCC(=O)O. The van der Waals surface area contributed by atoms with E-state index in [-0.39, 0.29) is 12.8 Å². The van der Waals surface area contributed by atoms with E-state index in [2.05, 4.69) is 0 Å². The second kappa shape index (κ2) is 16.9. The quantitative estimate of drug-likeness (QED) is 0.424. The van der Waals surface area contributed by atoms with Crippen LogP contribution in [-0.2, 0) is 9.59 Å². The van der Waals surface area contributed by atoms with Crippen LogP contribution in [0.25, 0.3) is 0 Å². The van der Waals surface area contributed by atoms with Crippen molar-refractivity contribution in [2.45, 2.75) is 57.8 Å². The standard InChI is InChI=1S/C8H14O4.C5H14N2/c9-7(10)5-3-1-2-4-6-8(11)12;6-4-2-1-3-5-7/h1-6H2,(H,9,10)(H,11,12);1-7H2. The van der Waals surface area contributed by atoms with Crippen molar-refractivity contribution < 1.29 is 19.8 Å². The van der Waals surface area contributed by atoms with Gasteiger partial charge in [-0.15, -0.1) is 0 Å². The zero-order chi connectivity index (χ0) is 14.9. The van der Waals surface area contributed by atoms with E-state index in [0.717, 1.165) is 38.8 Å². The number of nitrogens with two attached hydrogens (primary N) is 2. The second-order valence-corrected chi connectivity index (χ2v) is 4.34. The third-order valence-electron chi connectivity index (χ3n) is 2.44. The molecule has 0 aliphatic rings. The highest BCUT2D eigenvalue weighted by Gasteiger charge is 1.98. The number of carboxylic acid groups (broad SMARTS) is 2. The van der Waals surface area contributed by atoms with Gasteiger partial charge in [-0.1, -0.05) is 19.3 Å². The molecule has 6 nitrogen and oxygen atoms in total. The van der Waals surface area contributed by atoms with E-state index >= 15 is 0 Å². The summed E-state index contributed by atoms with van der Waals surface area (Å²) in [4.78, 5) is 20.1. The molecule has 0 atom stereocenters. The van der Waals surface area contributed by atoms with Crippen LogP contribution >= 0.6 is 0 Å². The van der Waals surface area contributed by atoms with Crippen molar-refractivity contribution in [3.63, 3.8) is 0 Å². The molecule has 0 aromatic rings. The predicted molar refractivity (Wildman–Crippen MR) is 74.9 cm³/mol. The lowest BCUT2D eigenvalue weighted by Crippen LogP contribution is -2.02. The zero-order valence-electron chi connectivity index (χ0n) is 11.6. The van der Waals surface area contributed by atoms with E-state index in [1.165, 1.54) is 6.42 Å². The van der Waals surface area contributed by atoms with Crippen molar-refractivity contribution in [3.8, 4) is 0 Å². The van der Waals surface area contributed by atoms with E-state index in [4.69, 9.17) is 21.7 Å². The van der Waals surface area contributed by atoms with Crippen LogP contribution in [0.1, 0.15) is 57.8 Å². The molecule has 0 amide bonds. The van der Waals surface area contributed by atoms with Gasteiger partial charge in [0, 0.05) is 12.8 Å². The molecule has 0 fully saturated rings. The normalized spacial score (nSPS) is 9.58. The van der Waals surface area contributed by atoms with Gasteiger partial charge in [0.25, 0.3) is 0 Å². The van der Waals surface area contributed by atoms with Gasteiger partial charge in [-0.2, -0.15) is 0 Å². The smallest absolute Gasteiger partial charge is 0.303 e. The monoisotopic (exact) mass is 276 g/mol. The average molecular weight is 276 g/mol. The van der Waals surface area contributed by atoms with Crippen molar-refractivity contribution in [1.82, 2.24) is 0 Å².